The Labute approximate surface area is 160 Å². The fraction of sp³-hybridized carbons (Fsp3) is 0.474. The number of ketones is 1. The summed E-state index contributed by atoms with van der Waals surface area (Å²) in [5.74, 6) is 3.31. The van der Waals surface area contributed by atoms with Crippen molar-refractivity contribution in [2.75, 3.05) is 0 Å². The van der Waals surface area contributed by atoms with Gasteiger partial charge in [-0.2, -0.15) is 9.59 Å². The number of halogens is 1. The minimum absolute atomic E-state index is 0.208. The predicted octanol–water partition coefficient (Wildman–Crippen LogP) is 3.41. The highest BCUT2D eigenvalue weighted by Gasteiger charge is 2.29. The van der Waals surface area contributed by atoms with Gasteiger partial charge in [0.15, 0.2) is 0 Å². The van der Waals surface area contributed by atoms with Crippen LogP contribution in [0.3, 0.4) is 0 Å². The van der Waals surface area contributed by atoms with Crippen LogP contribution in [0.1, 0.15) is 55.7 Å². The molecule has 1 saturated carbocycles. The fourth-order valence-corrected chi connectivity index (χ4v) is 4.26. The van der Waals surface area contributed by atoms with Crippen molar-refractivity contribution >= 4 is 27.9 Å². The molecule has 1 aliphatic heterocycles. The smallest absolute Gasteiger partial charge is 0.299 e. The van der Waals surface area contributed by atoms with Gasteiger partial charge in [-0.15, -0.1) is 10.2 Å². The maximum atomic E-state index is 12.3. The molecule has 0 bridgehead atoms. The number of fused-ring (bicyclic) bond motifs is 3. The summed E-state index contributed by atoms with van der Waals surface area (Å²) in [5.41, 5.74) is 2.14. The minimum atomic E-state index is 0.208. The van der Waals surface area contributed by atoms with E-state index >= 15 is 0 Å². The van der Waals surface area contributed by atoms with Gasteiger partial charge in [-0.25, -0.2) is 0 Å². The highest BCUT2D eigenvalue weighted by atomic mass is 79.9. The van der Waals surface area contributed by atoms with Crippen LogP contribution in [-0.4, -0.2) is 26.7 Å². The number of nitrogens with zero attached hydrogens (tertiary/aromatic N) is 3. The lowest BCUT2D eigenvalue weighted by molar-refractivity contribution is -0.191. The van der Waals surface area contributed by atoms with Gasteiger partial charge in [-0.05, 0) is 42.5 Å². The molecule has 1 aromatic carbocycles. The lowest BCUT2D eigenvalue weighted by Crippen LogP contribution is -2.16. The summed E-state index contributed by atoms with van der Waals surface area (Å²) < 4.78 is 3.17. The molecule has 4 rings (SSSR count). The molecule has 0 radical (unpaired) electrons. The molecule has 2 aliphatic rings. The Morgan fingerprint density at radius 2 is 1.81 bits per heavy atom. The predicted molar refractivity (Wildman–Crippen MR) is 96.9 cm³/mol. The van der Waals surface area contributed by atoms with Gasteiger partial charge in [0.2, 0.25) is 0 Å². The molecule has 0 atom stereocenters. The van der Waals surface area contributed by atoms with Crippen molar-refractivity contribution in [1.29, 1.82) is 0 Å². The quantitative estimate of drug-likeness (QED) is 0.709. The normalized spacial score (nSPS) is 21.5. The summed E-state index contributed by atoms with van der Waals surface area (Å²) in [4.78, 5) is 28.5. The van der Waals surface area contributed by atoms with Crippen molar-refractivity contribution in [3.8, 4) is 5.69 Å². The Morgan fingerprint density at radius 3 is 2.50 bits per heavy atom. The SMILES string of the molecule is CC1CCC(c2nnc3n2-c2ccc(Br)cc2CC(=O)C3)CC1.O=C=O. The Morgan fingerprint density at radius 1 is 1.12 bits per heavy atom. The molecule has 1 aliphatic carbocycles. The largest absolute Gasteiger partial charge is 0.373 e. The van der Waals surface area contributed by atoms with E-state index in [-0.39, 0.29) is 11.9 Å². The van der Waals surface area contributed by atoms with E-state index in [1.165, 1.54) is 25.7 Å². The molecule has 0 N–H and O–H groups in total. The molecular weight excluding hydrogens is 398 g/mol. The van der Waals surface area contributed by atoms with Crippen LogP contribution in [0.15, 0.2) is 22.7 Å². The minimum Gasteiger partial charge on any atom is -0.299 e. The van der Waals surface area contributed by atoms with E-state index in [2.05, 4.69) is 49.8 Å². The number of hydrogen-bond donors (Lipinski definition) is 0. The molecule has 2 heterocycles. The van der Waals surface area contributed by atoms with Crippen molar-refractivity contribution in [3.63, 3.8) is 0 Å². The van der Waals surface area contributed by atoms with Crippen molar-refractivity contribution < 1.29 is 14.4 Å². The second kappa shape index (κ2) is 8.06. The molecule has 136 valence electrons. The number of carbonyl (C=O) groups is 1. The zero-order chi connectivity index (χ0) is 18.7. The third kappa shape index (κ3) is 3.84. The highest BCUT2D eigenvalue weighted by molar-refractivity contribution is 9.10. The molecule has 0 saturated heterocycles. The lowest BCUT2D eigenvalue weighted by atomic mass is 9.82. The number of benzene rings is 1. The number of hydrogen-bond acceptors (Lipinski definition) is 5. The van der Waals surface area contributed by atoms with Gasteiger partial charge in [0.1, 0.15) is 17.4 Å². The molecule has 0 spiro atoms. The third-order valence-corrected chi connectivity index (χ3v) is 5.65. The first-order valence-corrected chi connectivity index (χ1v) is 9.56. The van der Waals surface area contributed by atoms with E-state index in [9.17, 15) is 4.79 Å². The van der Waals surface area contributed by atoms with Crippen LogP contribution in [-0.2, 0) is 27.2 Å². The van der Waals surface area contributed by atoms with E-state index in [0.29, 0.717) is 18.8 Å². The Hall–Kier alpha value is -2.11. The zero-order valence-corrected chi connectivity index (χ0v) is 16.2. The van der Waals surface area contributed by atoms with Gasteiger partial charge in [0.05, 0.1) is 12.1 Å². The van der Waals surface area contributed by atoms with E-state index in [1.807, 2.05) is 6.07 Å². The monoisotopic (exact) mass is 417 g/mol. The third-order valence-electron chi connectivity index (χ3n) is 5.16. The Bertz CT molecular complexity index is 848. The average molecular weight is 418 g/mol. The second-order valence-corrected chi connectivity index (χ2v) is 7.93. The number of carbonyl (C=O) groups excluding carboxylic acids is 3. The maximum absolute atomic E-state index is 12.3. The number of aromatic nitrogens is 3. The zero-order valence-electron chi connectivity index (χ0n) is 14.6. The van der Waals surface area contributed by atoms with Crippen molar-refractivity contribution in [1.82, 2.24) is 14.8 Å². The number of Topliss-reactive ketones (excluding diaryl/α,β-unsaturated/α-hetero) is 1. The first-order chi connectivity index (χ1) is 12.5. The molecule has 7 heteroatoms. The van der Waals surface area contributed by atoms with Crippen LogP contribution in [0.25, 0.3) is 5.69 Å². The first kappa shape index (κ1) is 18.7. The Kier molecular flexibility index (Phi) is 5.79. The van der Waals surface area contributed by atoms with Gasteiger partial charge in [0.25, 0.3) is 0 Å². The van der Waals surface area contributed by atoms with Crippen LogP contribution >= 0.6 is 15.9 Å². The van der Waals surface area contributed by atoms with Crippen molar-refractivity contribution in [3.05, 3.63) is 39.9 Å². The van der Waals surface area contributed by atoms with Crippen LogP contribution in [0, 0.1) is 5.92 Å². The van der Waals surface area contributed by atoms with Gasteiger partial charge in [-0.3, -0.25) is 9.36 Å². The summed E-state index contributed by atoms with van der Waals surface area (Å²) in [6.07, 6.45) is 5.93. The molecule has 26 heavy (non-hydrogen) atoms. The Balaban J connectivity index is 0.000000613. The van der Waals surface area contributed by atoms with Crippen LogP contribution in [0.4, 0.5) is 0 Å². The molecule has 1 aromatic heterocycles. The molecule has 6 nitrogen and oxygen atoms in total. The summed E-state index contributed by atoms with van der Waals surface area (Å²) in [7, 11) is 0. The van der Waals surface area contributed by atoms with E-state index < -0.39 is 0 Å². The van der Waals surface area contributed by atoms with Crippen LogP contribution in [0.5, 0.6) is 0 Å². The topological polar surface area (TPSA) is 81.9 Å². The van der Waals surface area contributed by atoms with Gasteiger partial charge >= 0.3 is 6.15 Å². The van der Waals surface area contributed by atoms with Crippen molar-refractivity contribution in [2.24, 2.45) is 5.92 Å². The van der Waals surface area contributed by atoms with E-state index in [4.69, 9.17) is 9.59 Å². The summed E-state index contributed by atoms with van der Waals surface area (Å²) >= 11 is 3.52. The number of rotatable bonds is 1. The second-order valence-electron chi connectivity index (χ2n) is 7.02. The summed E-state index contributed by atoms with van der Waals surface area (Å²) in [6.45, 7) is 2.33. The molecule has 2 aromatic rings. The lowest BCUT2D eigenvalue weighted by Gasteiger charge is -2.26. The summed E-state index contributed by atoms with van der Waals surface area (Å²) in [5, 5.41) is 8.86. The average Bonchev–Trinajstić information content (AvgIpc) is 2.94. The standard InChI is InChI=1S/C18H20BrN3O.CO2/c1-11-2-4-12(5-3-11)18-21-20-17-10-15(23)9-13-8-14(19)6-7-16(13)22(17)18;2-1-3/h6-8,11-12H,2-5,9-10H2,1H3;. The van der Waals surface area contributed by atoms with E-state index in [1.54, 1.807) is 0 Å². The fourth-order valence-electron chi connectivity index (χ4n) is 3.86. The van der Waals surface area contributed by atoms with Gasteiger partial charge in [0, 0.05) is 16.8 Å². The van der Waals surface area contributed by atoms with Gasteiger partial charge < -0.3 is 0 Å². The molecular formula is C19H20BrN3O3. The van der Waals surface area contributed by atoms with Crippen LogP contribution in [0.2, 0.25) is 0 Å². The highest BCUT2D eigenvalue weighted by Crippen LogP contribution is 2.37. The molecule has 1 fully saturated rings. The van der Waals surface area contributed by atoms with E-state index in [0.717, 1.165) is 33.3 Å². The maximum Gasteiger partial charge on any atom is 0.373 e. The first-order valence-electron chi connectivity index (χ1n) is 8.77. The van der Waals surface area contributed by atoms with Crippen molar-refractivity contribution in [2.45, 2.75) is 51.4 Å². The molecule has 0 unspecified atom stereocenters. The van der Waals surface area contributed by atoms with Crippen LogP contribution < -0.4 is 0 Å². The summed E-state index contributed by atoms with van der Waals surface area (Å²) in [6, 6.07) is 6.17. The van der Waals surface area contributed by atoms with Gasteiger partial charge in [-0.1, -0.05) is 35.7 Å². The molecule has 0 amide bonds.